The Labute approximate surface area is 121 Å². The van der Waals surface area contributed by atoms with Crippen LogP contribution in [0.4, 0.5) is 0 Å². The maximum Gasteiger partial charge on any atom is 0.333 e. The molecule has 0 amide bonds. The van der Waals surface area contributed by atoms with Crippen molar-refractivity contribution in [3.8, 4) is 0 Å². The van der Waals surface area contributed by atoms with Crippen LogP contribution in [0.15, 0.2) is 12.2 Å². The van der Waals surface area contributed by atoms with Gasteiger partial charge in [-0.15, -0.1) is 0 Å². The first-order valence-electron chi connectivity index (χ1n) is 6.80. The summed E-state index contributed by atoms with van der Waals surface area (Å²) in [7, 11) is 1.76. The van der Waals surface area contributed by atoms with Crippen LogP contribution in [0.2, 0.25) is 0 Å². The first-order chi connectivity index (χ1) is 8.86. The lowest BCUT2D eigenvalue weighted by atomic mass is 9.75. The number of carbonyl (C=O) groups excluding carboxylic acids is 1. The van der Waals surface area contributed by atoms with Gasteiger partial charge in [0.25, 0.3) is 0 Å². The van der Waals surface area contributed by atoms with Crippen LogP contribution in [0.1, 0.15) is 40.0 Å². The van der Waals surface area contributed by atoms with Gasteiger partial charge in [0.2, 0.25) is 0 Å². The van der Waals surface area contributed by atoms with E-state index in [1.165, 1.54) is 0 Å². The fourth-order valence-corrected chi connectivity index (χ4v) is 3.66. The highest BCUT2D eigenvalue weighted by atomic mass is 32.2. The third-order valence-corrected chi connectivity index (χ3v) is 5.19. The van der Waals surface area contributed by atoms with Crippen molar-refractivity contribution in [2.45, 2.75) is 57.0 Å². The number of hydrogen-bond acceptors (Lipinski definition) is 4. The SMILES string of the molecule is C=C(C)C(=O)OC1(C(C)C)CCC(OC)C(SC)C1. The standard InChI is InChI=1S/C15H26O3S/c1-10(2)14(16)18-15(11(3)4)8-7-12(17-5)13(9-15)19-6/h11-13H,1,7-9H2,2-6H3. The molecule has 0 bridgehead atoms. The number of rotatable bonds is 5. The lowest BCUT2D eigenvalue weighted by molar-refractivity contribution is -0.167. The van der Waals surface area contributed by atoms with Crippen LogP contribution in [0.5, 0.6) is 0 Å². The van der Waals surface area contributed by atoms with Crippen molar-refractivity contribution in [3.63, 3.8) is 0 Å². The van der Waals surface area contributed by atoms with Gasteiger partial charge in [-0.3, -0.25) is 0 Å². The van der Waals surface area contributed by atoms with Gasteiger partial charge in [-0.1, -0.05) is 20.4 Å². The number of carbonyl (C=O) groups is 1. The number of hydrogen-bond donors (Lipinski definition) is 0. The summed E-state index contributed by atoms with van der Waals surface area (Å²) in [4.78, 5) is 11.9. The summed E-state index contributed by atoms with van der Waals surface area (Å²) in [6.07, 6.45) is 4.99. The van der Waals surface area contributed by atoms with Gasteiger partial charge in [0, 0.05) is 24.4 Å². The van der Waals surface area contributed by atoms with E-state index in [-0.39, 0.29) is 17.7 Å². The van der Waals surface area contributed by atoms with E-state index in [1.54, 1.807) is 25.8 Å². The molecule has 0 radical (unpaired) electrons. The van der Waals surface area contributed by atoms with E-state index in [1.807, 2.05) is 0 Å². The molecule has 1 aliphatic carbocycles. The number of thioether (sulfide) groups is 1. The van der Waals surface area contributed by atoms with Crippen LogP contribution < -0.4 is 0 Å². The molecule has 1 saturated carbocycles. The van der Waals surface area contributed by atoms with Crippen molar-refractivity contribution in [3.05, 3.63) is 12.2 Å². The summed E-state index contributed by atoms with van der Waals surface area (Å²) >= 11 is 1.79. The minimum absolute atomic E-state index is 0.255. The van der Waals surface area contributed by atoms with Gasteiger partial charge >= 0.3 is 5.97 Å². The molecule has 19 heavy (non-hydrogen) atoms. The van der Waals surface area contributed by atoms with Crippen LogP contribution in [0, 0.1) is 5.92 Å². The highest BCUT2D eigenvalue weighted by molar-refractivity contribution is 7.99. The first kappa shape index (κ1) is 16.6. The van der Waals surface area contributed by atoms with Gasteiger partial charge in [0.05, 0.1) is 6.10 Å². The van der Waals surface area contributed by atoms with Gasteiger partial charge in [0.1, 0.15) is 5.60 Å². The predicted molar refractivity (Wildman–Crippen MR) is 80.4 cm³/mol. The van der Waals surface area contributed by atoms with Gasteiger partial charge in [-0.05, 0) is 31.9 Å². The molecule has 0 aliphatic heterocycles. The van der Waals surface area contributed by atoms with Crippen LogP contribution >= 0.6 is 11.8 Å². The predicted octanol–water partition coefficient (Wildman–Crippen LogP) is 3.43. The molecule has 110 valence electrons. The second kappa shape index (κ2) is 6.80. The Hall–Kier alpha value is -0.480. The van der Waals surface area contributed by atoms with Gasteiger partial charge < -0.3 is 9.47 Å². The van der Waals surface area contributed by atoms with Crippen molar-refractivity contribution in [1.82, 2.24) is 0 Å². The molecule has 1 fully saturated rings. The van der Waals surface area contributed by atoms with E-state index >= 15 is 0 Å². The zero-order valence-electron chi connectivity index (χ0n) is 12.7. The third-order valence-electron chi connectivity index (χ3n) is 4.12. The van der Waals surface area contributed by atoms with E-state index in [0.717, 1.165) is 19.3 Å². The van der Waals surface area contributed by atoms with Crippen LogP contribution in [-0.4, -0.2) is 36.3 Å². The molecular formula is C15H26O3S. The molecule has 0 saturated heterocycles. The summed E-state index contributed by atoms with van der Waals surface area (Å²) in [5, 5.41) is 0.374. The summed E-state index contributed by atoms with van der Waals surface area (Å²) in [5.41, 5.74) is 0.0910. The van der Waals surface area contributed by atoms with Crippen molar-refractivity contribution < 1.29 is 14.3 Å². The highest BCUT2D eigenvalue weighted by Gasteiger charge is 2.45. The highest BCUT2D eigenvalue weighted by Crippen LogP contribution is 2.42. The number of methoxy groups -OCH3 is 1. The van der Waals surface area contributed by atoms with Crippen molar-refractivity contribution in [2.24, 2.45) is 5.92 Å². The normalized spacial score (nSPS) is 31.3. The third kappa shape index (κ3) is 3.76. The van der Waals surface area contributed by atoms with E-state index in [0.29, 0.717) is 16.7 Å². The Morgan fingerprint density at radius 1 is 1.47 bits per heavy atom. The summed E-state index contributed by atoms with van der Waals surface area (Å²) in [5.74, 6) is 0.0210. The molecular weight excluding hydrogens is 260 g/mol. The van der Waals surface area contributed by atoms with Crippen LogP contribution in [0.3, 0.4) is 0 Å². The zero-order chi connectivity index (χ0) is 14.6. The second-order valence-electron chi connectivity index (χ2n) is 5.68. The molecule has 1 aliphatic rings. The van der Waals surface area contributed by atoms with E-state index in [9.17, 15) is 4.79 Å². The van der Waals surface area contributed by atoms with E-state index in [4.69, 9.17) is 9.47 Å². The molecule has 0 aromatic heterocycles. The molecule has 0 N–H and O–H groups in total. The van der Waals surface area contributed by atoms with Gasteiger partial charge in [-0.25, -0.2) is 4.79 Å². The Morgan fingerprint density at radius 3 is 2.53 bits per heavy atom. The van der Waals surface area contributed by atoms with Crippen LogP contribution in [0.25, 0.3) is 0 Å². The maximum absolute atomic E-state index is 11.9. The minimum Gasteiger partial charge on any atom is -0.455 e. The molecule has 0 spiro atoms. The largest absolute Gasteiger partial charge is 0.455 e. The average Bonchev–Trinajstić information content (AvgIpc) is 2.38. The fraction of sp³-hybridized carbons (Fsp3) is 0.800. The molecule has 3 unspecified atom stereocenters. The Morgan fingerprint density at radius 2 is 2.11 bits per heavy atom. The van der Waals surface area contributed by atoms with Crippen molar-refractivity contribution in [2.75, 3.05) is 13.4 Å². The second-order valence-corrected chi connectivity index (χ2v) is 6.76. The Bertz CT molecular complexity index is 340. The van der Waals surface area contributed by atoms with Crippen molar-refractivity contribution >= 4 is 17.7 Å². The molecule has 3 atom stereocenters. The van der Waals surface area contributed by atoms with Crippen LogP contribution in [-0.2, 0) is 14.3 Å². The monoisotopic (exact) mass is 286 g/mol. The average molecular weight is 286 g/mol. The molecule has 1 rings (SSSR count). The van der Waals surface area contributed by atoms with Gasteiger partial charge in [-0.2, -0.15) is 11.8 Å². The van der Waals surface area contributed by atoms with E-state index < -0.39 is 0 Å². The number of esters is 1. The zero-order valence-corrected chi connectivity index (χ0v) is 13.5. The minimum atomic E-state index is -0.376. The number of ether oxygens (including phenoxy) is 2. The molecule has 0 aromatic carbocycles. The fourth-order valence-electron chi connectivity index (χ4n) is 2.66. The summed E-state index contributed by atoms with van der Waals surface area (Å²) in [6.45, 7) is 9.62. The Balaban J connectivity index is 2.89. The smallest absolute Gasteiger partial charge is 0.333 e. The summed E-state index contributed by atoms with van der Waals surface area (Å²) < 4.78 is 11.4. The first-order valence-corrected chi connectivity index (χ1v) is 8.09. The lowest BCUT2D eigenvalue weighted by Crippen LogP contribution is -2.50. The molecule has 3 nitrogen and oxygen atoms in total. The maximum atomic E-state index is 11.9. The summed E-state index contributed by atoms with van der Waals surface area (Å²) in [6, 6.07) is 0. The lowest BCUT2D eigenvalue weighted by Gasteiger charge is -2.45. The van der Waals surface area contributed by atoms with E-state index in [2.05, 4.69) is 26.7 Å². The van der Waals surface area contributed by atoms with Crippen molar-refractivity contribution in [1.29, 1.82) is 0 Å². The molecule has 0 heterocycles. The molecule has 4 heteroatoms. The van der Waals surface area contributed by atoms with Gasteiger partial charge in [0.15, 0.2) is 0 Å². The quantitative estimate of drug-likeness (QED) is 0.573. The topological polar surface area (TPSA) is 35.5 Å². The molecule has 0 aromatic rings. The Kier molecular flexibility index (Phi) is 5.93.